The number of anilines is 2. The summed E-state index contributed by atoms with van der Waals surface area (Å²) in [6, 6.07) is 11.3. The van der Waals surface area contributed by atoms with Crippen LogP contribution in [0.5, 0.6) is 0 Å². The maximum atomic E-state index is 10.9. The van der Waals surface area contributed by atoms with Gasteiger partial charge < -0.3 is 10.6 Å². The van der Waals surface area contributed by atoms with E-state index >= 15 is 0 Å². The zero-order valence-corrected chi connectivity index (χ0v) is 13.4. The maximum absolute atomic E-state index is 10.9. The van der Waals surface area contributed by atoms with Crippen molar-refractivity contribution < 1.29 is 4.92 Å². The number of nitro groups is 1. The van der Waals surface area contributed by atoms with E-state index < -0.39 is 0 Å². The Morgan fingerprint density at radius 2 is 2.14 bits per heavy atom. The SMILES string of the molecule is O=[N+]([O-])c1ccc(Nc2cccc3c2CCNC3)cc1I. The fraction of sp³-hybridized carbons (Fsp3) is 0.200. The van der Waals surface area contributed by atoms with E-state index in [-0.39, 0.29) is 10.6 Å². The Bertz CT molecular complexity index is 703. The van der Waals surface area contributed by atoms with Crippen LogP contribution in [0.1, 0.15) is 11.1 Å². The molecular formula is C15H14IN3O2. The van der Waals surface area contributed by atoms with Crippen LogP contribution in [-0.2, 0) is 13.0 Å². The van der Waals surface area contributed by atoms with Gasteiger partial charge in [-0.1, -0.05) is 12.1 Å². The molecule has 0 atom stereocenters. The predicted molar refractivity (Wildman–Crippen MR) is 90.9 cm³/mol. The van der Waals surface area contributed by atoms with Gasteiger partial charge in [0, 0.05) is 24.0 Å². The van der Waals surface area contributed by atoms with Gasteiger partial charge in [-0.15, -0.1) is 0 Å². The molecule has 0 unspecified atom stereocenters. The topological polar surface area (TPSA) is 67.2 Å². The summed E-state index contributed by atoms with van der Waals surface area (Å²) in [7, 11) is 0. The quantitative estimate of drug-likeness (QED) is 0.474. The van der Waals surface area contributed by atoms with Crippen LogP contribution in [0.25, 0.3) is 0 Å². The molecule has 5 nitrogen and oxygen atoms in total. The Hall–Kier alpha value is -1.67. The summed E-state index contributed by atoms with van der Waals surface area (Å²) < 4.78 is 0.633. The second-order valence-corrected chi connectivity index (χ2v) is 6.08. The van der Waals surface area contributed by atoms with Gasteiger partial charge in [0.25, 0.3) is 5.69 Å². The normalized spacial score (nSPS) is 13.6. The molecule has 2 aromatic carbocycles. The van der Waals surface area contributed by atoms with Gasteiger partial charge in [-0.3, -0.25) is 10.1 Å². The number of fused-ring (bicyclic) bond motifs is 1. The minimum atomic E-state index is -0.360. The number of hydrogen-bond acceptors (Lipinski definition) is 4. The largest absolute Gasteiger partial charge is 0.355 e. The lowest BCUT2D eigenvalue weighted by molar-refractivity contribution is -0.385. The van der Waals surface area contributed by atoms with E-state index in [0.717, 1.165) is 30.9 Å². The summed E-state index contributed by atoms with van der Waals surface area (Å²) in [6.45, 7) is 1.87. The van der Waals surface area contributed by atoms with Crippen molar-refractivity contribution in [3.05, 3.63) is 61.2 Å². The molecule has 0 amide bonds. The van der Waals surface area contributed by atoms with Crippen molar-refractivity contribution in [3.8, 4) is 0 Å². The van der Waals surface area contributed by atoms with Crippen LogP contribution in [0.2, 0.25) is 0 Å². The number of benzene rings is 2. The molecule has 3 rings (SSSR count). The summed E-state index contributed by atoms with van der Waals surface area (Å²) in [5.41, 5.74) is 4.73. The zero-order chi connectivity index (χ0) is 14.8. The van der Waals surface area contributed by atoms with Gasteiger partial charge in [0.1, 0.15) is 0 Å². The molecule has 6 heteroatoms. The smallest absolute Gasteiger partial charge is 0.282 e. The third-order valence-corrected chi connectivity index (χ3v) is 4.43. The number of rotatable bonds is 3. The van der Waals surface area contributed by atoms with E-state index in [0.29, 0.717) is 3.57 Å². The summed E-state index contributed by atoms with van der Waals surface area (Å²) in [5.74, 6) is 0. The zero-order valence-electron chi connectivity index (χ0n) is 11.2. The summed E-state index contributed by atoms with van der Waals surface area (Å²) in [4.78, 5) is 10.5. The third-order valence-electron chi connectivity index (χ3n) is 3.56. The molecule has 1 aliphatic rings. The van der Waals surface area contributed by atoms with Crippen molar-refractivity contribution in [1.82, 2.24) is 5.32 Å². The van der Waals surface area contributed by atoms with Gasteiger partial charge in [-0.2, -0.15) is 0 Å². The lowest BCUT2D eigenvalue weighted by atomic mass is 9.99. The Morgan fingerprint density at radius 3 is 2.90 bits per heavy atom. The third kappa shape index (κ3) is 3.01. The first-order valence-electron chi connectivity index (χ1n) is 6.67. The van der Waals surface area contributed by atoms with Gasteiger partial charge in [0.15, 0.2) is 0 Å². The van der Waals surface area contributed by atoms with Crippen LogP contribution in [-0.4, -0.2) is 11.5 Å². The fourth-order valence-electron chi connectivity index (χ4n) is 2.54. The average molecular weight is 395 g/mol. The van der Waals surface area contributed by atoms with Gasteiger partial charge in [-0.25, -0.2) is 0 Å². The van der Waals surface area contributed by atoms with Crippen molar-refractivity contribution >= 4 is 39.7 Å². The second kappa shape index (κ2) is 5.98. The molecular weight excluding hydrogens is 381 g/mol. The molecule has 108 valence electrons. The lowest BCUT2D eigenvalue weighted by Crippen LogP contribution is -2.24. The van der Waals surface area contributed by atoms with Crippen LogP contribution in [0.15, 0.2) is 36.4 Å². The Balaban J connectivity index is 1.91. The van der Waals surface area contributed by atoms with Gasteiger partial charge >= 0.3 is 0 Å². The van der Waals surface area contributed by atoms with Crippen LogP contribution in [0.3, 0.4) is 0 Å². The van der Waals surface area contributed by atoms with Crippen LogP contribution >= 0.6 is 22.6 Å². The Labute approximate surface area is 136 Å². The summed E-state index contributed by atoms with van der Waals surface area (Å²) in [5, 5.41) is 17.6. The number of halogens is 1. The molecule has 1 aliphatic heterocycles. The second-order valence-electron chi connectivity index (χ2n) is 4.92. The van der Waals surface area contributed by atoms with Crippen molar-refractivity contribution in [3.63, 3.8) is 0 Å². The standard InChI is InChI=1S/C15H14IN3O2/c16-13-8-11(4-5-15(13)19(20)21)18-14-3-1-2-10-9-17-7-6-12(10)14/h1-5,8,17-18H,6-7,9H2. The fourth-order valence-corrected chi connectivity index (χ4v) is 3.25. The van der Waals surface area contributed by atoms with E-state index in [2.05, 4.69) is 22.8 Å². The number of nitro benzene ring substituents is 1. The van der Waals surface area contributed by atoms with E-state index in [1.807, 2.05) is 28.7 Å². The molecule has 0 saturated heterocycles. The molecule has 2 aromatic rings. The van der Waals surface area contributed by atoms with Crippen molar-refractivity contribution in [1.29, 1.82) is 0 Å². The molecule has 1 heterocycles. The van der Waals surface area contributed by atoms with E-state index in [9.17, 15) is 10.1 Å². The Kier molecular flexibility index (Phi) is 4.07. The van der Waals surface area contributed by atoms with Crippen molar-refractivity contribution in [2.75, 3.05) is 11.9 Å². The van der Waals surface area contributed by atoms with E-state index in [1.54, 1.807) is 18.2 Å². The molecule has 0 saturated carbocycles. The highest BCUT2D eigenvalue weighted by molar-refractivity contribution is 14.1. The number of nitrogens with one attached hydrogen (secondary N) is 2. The van der Waals surface area contributed by atoms with E-state index in [4.69, 9.17) is 0 Å². The minimum absolute atomic E-state index is 0.139. The van der Waals surface area contributed by atoms with Gasteiger partial charge in [0.2, 0.25) is 0 Å². The first-order chi connectivity index (χ1) is 10.1. The number of hydrogen-bond donors (Lipinski definition) is 2. The molecule has 0 spiro atoms. The minimum Gasteiger partial charge on any atom is -0.355 e. The van der Waals surface area contributed by atoms with Crippen molar-refractivity contribution in [2.45, 2.75) is 13.0 Å². The highest BCUT2D eigenvalue weighted by atomic mass is 127. The van der Waals surface area contributed by atoms with Crippen LogP contribution < -0.4 is 10.6 Å². The lowest BCUT2D eigenvalue weighted by Gasteiger charge is -2.21. The number of nitrogens with zero attached hydrogens (tertiary/aromatic N) is 1. The first kappa shape index (κ1) is 14.3. The average Bonchev–Trinajstić information content (AvgIpc) is 2.47. The van der Waals surface area contributed by atoms with Crippen LogP contribution in [0.4, 0.5) is 17.1 Å². The van der Waals surface area contributed by atoms with Gasteiger partial charge in [-0.05, 0) is 64.9 Å². The highest BCUT2D eigenvalue weighted by Gasteiger charge is 2.14. The molecule has 0 aromatic heterocycles. The van der Waals surface area contributed by atoms with Crippen molar-refractivity contribution in [2.24, 2.45) is 0 Å². The first-order valence-corrected chi connectivity index (χ1v) is 7.75. The molecule has 2 N–H and O–H groups in total. The highest BCUT2D eigenvalue weighted by Crippen LogP contribution is 2.29. The molecule has 0 aliphatic carbocycles. The van der Waals surface area contributed by atoms with E-state index in [1.165, 1.54) is 11.1 Å². The summed E-state index contributed by atoms with van der Waals surface area (Å²) >= 11 is 2.00. The van der Waals surface area contributed by atoms with Gasteiger partial charge in [0.05, 0.1) is 8.49 Å². The predicted octanol–water partition coefficient (Wildman–Crippen LogP) is 3.59. The molecule has 0 fully saturated rings. The molecule has 21 heavy (non-hydrogen) atoms. The summed E-state index contributed by atoms with van der Waals surface area (Å²) in [6.07, 6.45) is 0.989. The monoisotopic (exact) mass is 395 g/mol. The Morgan fingerprint density at radius 1 is 1.29 bits per heavy atom. The molecule has 0 bridgehead atoms. The molecule has 0 radical (unpaired) electrons. The van der Waals surface area contributed by atoms with Crippen LogP contribution in [0, 0.1) is 13.7 Å². The maximum Gasteiger partial charge on any atom is 0.282 e.